The maximum Gasteiger partial charge on any atom is 0.235 e. The highest BCUT2D eigenvalue weighted by molar-refractivity contribution is 8.38. The highest BCUT2D eigenvalue weighted by atomic mass is 32.2. The maximum absolute atomic E-state index is 5.48. The van der Waals surface area contributed by atoms with Gasteiger partial charge in [0.15, 0.2) is 5.82 Å². The molecule has 25 heavy (non-hydrogen) atoms. The third-order valence-corrected chi connectivity index (χ3v) is 6.54. The summed E-state index contributed by atoms with van der Waals surface area (Å²) >= 11 is 4.98. The van der Waals surface area contributed by atoms with E-state index < -0.39 is 0 Å². The average Bonchev–Trinajstić information content (AvgIpc) is 3.35. The number of aliphatic imine (C=N–C) groups is 1. The van der Waals surface area contributed by atoms with Crippen LogP contribution in [0.5, 0.6) is 5.75 Å². The molecule has 0 amide bonds. The van der Waals surface area contributed by atoms with Crippen LogP contribution in [-0.4, -0.2) is 43.1 Å². The Morgan fingerprint density at radius 2 is 2.32 bits per heavy atom. The van der Waals surface area contributed by atoms with E-state index in [4.69, 9.17) is 11.2 Å². The van der Waals surface area contributed by atoms with Crippen LogP contribution in [0.1, 0.15) is 5.82 Å². The van der Waals surface area contributed by atoms with Crippen molar-refractivity contribution >= 4 is 44.2 Å². The molecule has 1 aliphatic rings. The SMILES string of the molecule is C#CCOc1cccc(-c2nn3c(CSC4=NCCS4)nnc3s2)c1. The zero-order valence-electron chi connectivity index (χ0n) is 13.1. The predicted molar refractivity (Wildman–Crippen MR) is 104 cm³/mol. The van der Waals surface area contributed by atoms with Gasteiger partial charge in [0.1, 0.15) is 21.7 Å². The summed E-state index contributed by atoms with van der Waals surface area (Å²) in [7, 11) is 0. The topological polar surface area (TPSA) is 64.7 Å². The first kappa shape index (κ1) is 16.4. The van der Waals surface area contributed by atoms with Crippen molar-refractivity contribution in [1.29, 1.82) is 0 Å². The molecule has 3 aromatic rings. The molecule has 0 unspecified atom stereocenters. The fraction of sp³-hybridized carbons (Fsp3) is 0.250. The Balaban J connectivity index is 1.56. The number of hydrogen-bond acceptors (Lipinski definition) is 8. The largest absolute Gasteiger partial charge is 0.481 e. The minimum atomic E-state index is 0.248. The van der Waals surface area contributed by atoms with Crippen LogP contribution in [0.25, 0.3) is 15.5 Å². The lowest BCUT2D eigenvalue weighted by Crippen LogP contribution is -1.96. The number of thioether (sulfide) groups is 2. The number of benzene rings is 1. The zero-order chi connectivity index (χ0) is 17.1. The predicted octanol–water partition coefficient (Wildman–Crippen LogP) is 3.20. The molecule has 1 aromatic carbocycles. The van der Waals surface area contributed by atoms with Crippen molar-refractivity contribution in [2.24, 2.45) is 4.99 Å². The fourth-order valence-corrected chi connectivity index (χ4v) is 5.01. The highest BCUT2D eigenvalue weighted by Crippen LogP contribution is 2.30. The van der Waals surface area contributed by atoms with Crippen molar-refractivity contribution in [1.82, 2.24) is 19.8 Å². The van der Waals surface area contributed by atoms with Crippen molar-refractivity contribution in [3.8, 4) is 28.7 Å². The van der Waals surface area contributed by atoms with Crippen LogP contribution in [0.4, 0.5) is 0 Å². The molecule has 0 fully saturated rings. The van der Waals surface area contributed by atoms with Gasteiger partial charge in [0.25, 0.3) is 0 Å². The zero-order valence-corrected chi connectivity index (χ0v) is 15.5. The third-order valence-electron chi connectivity index (χ3n) is 3.34. The smallest absolute Gasteiger partial charge is 0.235 e. The van der Waals surface area contributed by atoms with Crippen LogP contribution in [0.3, 0.4) is 0 Å². The molecule has 0 saturated heterocycles. The van der Waals surface area contributed by atoms with Crippen LogP contribution in [-0.2, 0) is 5.75 Å². The highest BCUT2D eigenvalue weighted by Gasteiger charge is 2.15. The van der Waals surface area contributed by atoms with Gasteiger partial charge in [-0.1, -0.05) is 52.9 Å². The second kappa shape index (κ2) is 7.47. The first-order valence-corrected chi connectivity index (χ1v) is 10.3. The van der Waals surface area contributed by atoms with E-state index in [1.807, 2.05) is 28.8 Å². The molecule has 0 saturated carbocycles. The minimum absolute atomic E-state index is 0.248. The second-order valence-corrected chi connectivity index (χ2v) is 8.29. The standard InChI is InChI=1S/C16H13N5OS3/c1-2-7-22-12-5-3-4-11(9-12)14-20-21-13(18-19-15(21)25-14)10-24-16-17-6-8-23-16/h1,3-5,9H,6-8,10H2. The summed E-state index contributed by atoms with van der Waals surface area (Å²) in [5, 5.41) is 14.0. The molecular formula is C16H13N5OS3. The van der Waals surface area contributed by atoms with Crippen LogP contribution in [0.2, 0.25) is 0 Å². The molecule has 0 N–H and O–H groups in total. The number of aromatic nitrogens is 4. The van der Waals surface area contributed by atoms with Gasteiger partial charge in [-0.15, -0.1) is 16.6 Å². The van der Waals surface area contributed by atoms with Gasteiger partial charge in [0.2, 0.25) is 4.96 Å². The molecule has 0 atom stereocenters. The van der Waals surface area contributed by atoms with Crippen LogP contribution >= 0.6 is 34.9 Å². The third kappa shape index (κ3) is 3.66. The monoisotopic (exact) mass is 387 g/mol. The number of hydrogen-bond donors (Lipinski definition) is 0. The fourth-order valence-electron chi connectivity index (χ4n) is 2.24. The van der Waals surface area contributed by atoms with Gasteiger partial charge in [0.05, 0.1) is 12.3 Å². The summed E-state index contributed by atoms with van der Waals surface area (Å²) in [6, 6.07) is 7.73. The van der Waals surface area contributed by atoms with E-state index in [2.05, 4.69) is 26.2 Å². The Hall–Kier alpha value is -2.02. The molecule has 2 aromatic heterocycles. The van der Waals surface area contributed by atoms with Gasteiger partial charge >= 0.3 is 0 Å². The van der Waals surface area contributed by atoms with Gasteiger partial charge in [-0.05, 0) is 12.1 Å². The van der Waals surface area contributed by atoms with E-state index in [0.29, 0.717) is 5.75 Å². The summed E-state index contributed by atoms with van der Waals surface area (Å²) in [5.74, 6) is 5.80. The molecule has 1 aliphatic heterocycles. The van der Waals surface area contributed by atoms with Crippen molar-refractivity contribution in [3.05, 3.63) is 30.1 Å². The van der Waals surface area contributed by atoms with Crippen LogP contribution in [0.15, 0.2) is 29.3 Å². The van der Waals surface area contributed by atoms with E-state index in [1.165, 1.54) is 11.3 Å². The van der Waals surface area contributed by atoms with Crippen molar-refractivity contribution in [2.45, 2.75) is 5.75 Å². The van der Waals surface area contributed by atoms with E-state index in [0.717, 1.165) is 43.8 Å². The molecule has 4 rings (SSSR count). The van der Waals surface area contributed by atoms with E-state index in [-0.39, 0.29) is 6.61 Å². The summed E-state index contributed by atoms with van der Waals surface area (Å²) in [5.41, 5.74) is 0.972. The van der Waals surface area contributed by atoms with Gasteiger partial charge in [-0.2, -0.15) is 9.61 Å². The number of rotatable bonds is 5. The van der Waals surface area contributed by atoms with Crippen LogP contribution < -0.4 is 4.74 Å². The lowest BCUT2D eigenvalue weighted by molar-refractivity contribution is 0.370. The molecule has 0 bridgehead atoms. The van der Waals surface area contributed by atoms with Crippen LogP contribution in [0, 0.1) is 12.3 Å². The summed E-state index contributed by atoms with van der Waals surface area (Å²) in [6.45, 7) is 1.15. The summed E-state index contributed by atoms with van der Waals surface area (Å²) in [6.07, 6.45) is 5.24. The molecule has 126 valence electrons. The summed E-state index contributed by atoms with van der Waals surface area (Å²) < 4.78 is 8.40. The van der Waals surface area contributed by atoms with E-state index >= 15 is 0 Å². The summed E-state index contributed by atoms with van der Waals surface area (Å²) in [4.78, 5) is 5.22. The Labute approximate surface area is 157 Å². The Morgan fingerprint density at radius 3 is 3.16 bits per heavy atom. The number of ether oxygens (including phenoxy) is 1. The molecule has 0 aliphatic carbocycles. The first-order chi connectivity index (χ1) is 12.3. The van der Waals surface area contributed by atoms with Crippen molar-refractivity contribution < 1.29 is 4.74 Å². The van der Waals surface area contributed by atoms with E-state index in [1.54, 1.807) is 23.5 Å². The first-order valence-electron chi connectivity index (χ1n) is 7.51. The minimum Gasteiger partial charge on any atom is -0.481 e. The van der Waals surface area contributed by atoms with Crippen molar-refractivity contribution in [2.75, 3.05) is 18.9 Å². The number of fused-ring (bicyclic) bond motifs is 1. The Bertz CT molecular complexity index is 972. The van der Waals surface area contributed by atoms with Gasteiger partial charge in [-0.25, -0.2) is 0 Å². The lowest BCUT2D eigenvalue weighted by Gasteiger charge is -2.03. The van der Waals surface area contributed by atoms with Gasteiger partial charge in [-0.3, -0.25) is 4.99 Å². The Morgan fingerprint density at radius 1 is 1.36 bits per heavy atom. The lowest BCUT2D eigenvalue weighted by atomic mass is 10.2. The molecule has 3 heterocycles. The number of nitrogens with zero attached hydrogens (tertiary/aromatic N) is 5. The van der Waals surface area contributed by atoms with Gasteiger partial charge < -0.3 is 4.74 Å². The normalized spacial score (nSPS) is 13.8. The van der Waals surface area contributed by atoms with Crippen molar-refractivity contribution in [3.63, 3.8) is 0 Å². The number of terminal acetylenes is 1. The van der Waals surface area contributed by atoms with E-state index in [9.17, 15) is 0 Å². The molecular weight excluding hydrogens is 374 g/mol. The Kier molecular flexibility index (Phi) is 4.92. The average molecular weight is 388 g/mol. The maximum atomic E-state index is 5.48. The second-order valence-electron chi connectivity index (χ2n) is 5.02. The molecule has 9 heteroatoms. The quantitative estimate of drug-likeness (QED) is 0.627. The molecule has 0 radical (unpaired) electrons. The molecule has 0 spiro atoms. The molecule has 6 nitrogen and oxygen atoms in total. The van der Waals surface area contributed by atoms with Gasteiger partial charge in [0, 0.05) is 11.3 Å².